The van der Waals surface area contributed by atoms with Gasteiger partial charge in [0.2, 0.25) is 0 Å². The molecular weight excluding hydrogens is 304 g/mol. The lowest BCUT2D eigenvalue weighted by molar-refractivity contribution is 1.75. The van der Waals surface area contributed by atoms with Crippen LogP contribution in [0.25, 0.3) is 11.1 Å². The molecule has 14 heavy (non-hydrogen) atoms. The second kappa shape index (κ2) is 3.76. The number of terminal acetylenes is 1. The quantitative estimate of drug-likeness (QED) is 0.637. The summed E-state index contributed by atoms with van der Waals surface area (Å²) in [6.07, 6.45) is 5.34. The van der Waals surface area contributed by atoms with E-state index in [-0.39, 0.29) is 0 Å². The maximum atomic E-state index is 5.34. The van der Waals surface area contributed by atoms with Crippen LogP contribution in [0.5, 0.6) is 0 Å². The fourth-order valence-corrected chi connectivity index (χ4v) is 2.82. The van der Waals surface area contributed by atoms with E-state index in [1.54, 1.807) is 0 Å². The highest BCUT2D eigenvalue weighted by molar-refractivity contribution is 9.11. The van der Waals surface area contributed by atoms with Crippen LogP contribution in [0.15, 0.2) is 39.3 Å². The van der Waals surface area contributed by atoms with Crippen molar-refractivity contribution >= 4 is 31.9 Å². The van der Waals surface area contributed by atoms with Gasteiger partial charge in [-0.3, -0.25) is 0 Å². The minimum atomic E-state index is 0.889. The smallest absolute Gasteiger partial charge is 0.0265 e. The van der Waals surface area contributed by atoms with Crippen LogP contribution in [0.2, 0.25) is 0 Å². The number of rotatable bonds is 0. The summed E-state index contributed by atoms with van der Waals surface area (Å²) in [6.45, 7) is 0. The summed E-state index contributed by atoms with van der Waals surface area (Å²) in [4.78, 5) is 0. The first kappa shape index (κ1) is 9.76. The molecule has 0 unspecified atom stereocenters. The largest absolute Gasteiger partial charge is 0.115 e. The van der Waals surface area contributed by atoms with Gasteiger partial charge in [-0.15, -0.1) is 6.42 Å². The summed E-state index contributed by atoms with van der Waals surface area (Å²) < 4.78 is 2.16. The molecule has 0 aromatic carbocycles. The topological polar surface area (TPSA) is 0 Å². The summed E-state index contributed by atoms with van der Waals surface area (Å²) in [5, 5.41) is 0. The number of hydrogen-bond donors (Lipinski definition) is 0. The average Bonchev–Trinajstić information content (AvgIpc) is 2.40. The monoisotopic (exact) mass is 308 g/mol. The van der Waals surface area contributed by atoms with Crippen molar-refractivity contribution in [3.63, 3.8) is 0 Å². The Balaban J connectivity index is 2.76. The van der Waals surface area contributed by atoms with Crippen molar-refractivity contribution in [2.24, 2.45) is 0 Å². The fraction of sp³-hybridized carbons (Fsp3) is 0. The molecule has 2 rings (SSSR count). The molecule has 0 radical (unpaired) electrons. The number of fused-ring (bicyclic) bond motifs is 1. The SMILES string of the molecule is C#Cc1ccc2c(Br)cc(Br)c-2cc1. The first-order valence-corrected chi connectivity index (χ1v) is 5.65. The first-order valence-electron chi connectivity index (χ1n) is 4.07. The molecular formula is C12H6Br2. The standard InChI is InChI=1S/C12H6Br2/c1-2-8-3-5-9-10(6-4-8)12(14)7-11(9)13/h1,3-7H. The zero-order valence-corrected chi connectivity index (χ0v) is 10.4. The van der Waals surface area contributed by atoms with E-state index in [2.05, 4.69) is 37.8 Å². The Kier molecular flexibility index (Phi) is 2.62. The molecule has 0 saturated heterocycles. The van der Waals surface area contributed by atoms with Crippen molar-refractivity contribution in [2.45, 2.75) is 0 Å². The van der Waals surface area contributed by atoms with E-state index < -0.39 is 0 Å². The molecule has 68 valence electrons. The van der Waals surface area contributed by atoms with Crippen LogP contribution in [-0.4, -0.2) is 0 Å². The van der Waals surface area contributed by atoms with Gasteiger partial charge in [-0.25, -0.2) is 0 Å². The average molecular weight is 310 g/mol. The first-order chi connectivity index (χ1) is 6.72. The van der Waals surface area contributed by atoms with Gasteiger partial charge in [-0.1, -0.05) is 49.9 Å². The van der Waals surface area contributed by atoms with E-state index in [0.29, 0.717) is 0 Å². The van der Waals surface area contributed by atoms with Gasteiger partial charge in [-0.2, -0.15) is 0 Å². The molecule has 2 aliphatic carbocycles. The lowest BCUT2D eigenvalue weighted by atomic mass is 10.2. The van der Waals surface area contributed by atoms with E-state index in [1.807, 2.05) is 30.3 Å². The van der Waals surface area contributed by atoms with Gasteiger partial charge in [0.1, 0.15) is 0 Å². The Bertz CT molecular complexity index is 458. The minimum Gasteiger partial charge on any atom is -0.115 e. The molecule has 2 heteroatoms. The van der Waals surface area contributed by atoms with Crippen molar-refractivity contribution in [1.29, 1.82) is 0 Å². The Morgan fingerprint density at radius 1 is 0.929 bits per heavy atom. The molecule has 0 spiro atoms. The van der Waals surface area contributed by atoms with Crippen molar-refractivity contribution in [3.8, 4) is 23.5 Å². The second-order valence-electron chi connectivity index (χ2n) is 2.93. The second-order valence-corrected chi connectivity index (χ2v) is 4.64. The van der Waals surface area contributed by atoms with Crippen LogP contribution < -0.4 is 0 Å². The van der Waals surface area contributed by atoms with Crippen LogP contribution in [0.3, 0.4) is 0 Å². The predicted octanol–water partition coefficient (Wildman–Crippen LogP) is 4.30. The molecule has 0 bridgehead atoms. The molecule has 0 N–H and O–H groups in total. The van der Waals surface area contributed by atoms with Gasteiger partial charge in [0.15, 0.2) is 0 Å². The minimum absolute atomic E-state index is 0.889. The fourth-order valence-electron chi connectivity index (χ4n) is 1.36. The highest BCUT2D eigenvalue weighted by Gasteiger charge is 2.10. The highest BCUT2D eigenvalue weighted by atomic mass is 79.9. The van der Waals surface area contributed by atoms with Crippen LogP contribution in [-0.2, 0) is 0 Å². The normalized spacial score (nSPS) is 10.1. The maximum absolute atomic E-state index is 5.34. The third-order valence-electron chi connectivity index (χ3n) is 2.08. The highest BCUT2D eigenvalue weighted by Crippen LogP contribution is 2.38. The molecule has 0 aromatic heterocycles. The van der Waals surface area contributed by atoms with Crippen molar-refractivity contribution in [1.82, 2.24) is 0 Å². The zero-order chi connectivity index (χ0) is 10.1. The molecule has 0 aliphatic heterocycles. The van der Waals surface area contributed by atoms with Crippen LogP contribution in [0, 0.1) is 12.3 Å². The Labute approximate surface area is 99.9 Å². The van der Waals surface area contributed by atoms with Gasteiger partial charge in [0.25, 0.3) is 0 Å². The zero-order valence-electron chi connectivity index (χ0n) is 7.22. The Morgan fingerprint density at radius 2 is 1.43 bits per heavy atom. The van der Waals surface area contributed by atoms with E-state index in [9.17, 15) is 0 Å². The summed E-state index contributed by atoms with van der Waals surface area (Å²) in [7, 11) is 0. The van der Waals surface area contributed by atoms with E-state index in [0.717, 1.165) is 14.5 Å². The molecule has 0 aromatic rings. The number of halogens is 2. The van der Waals surface area contributed by atoms with E-state index in [1.165, 1.54) is 11.1 Å². The van der Waals surface area contributed by atoms with Gasteiger partial charge >= 0.3 is 0 Å². The van der Waals surface area contributed by atoms with Crippen molar-refractivity contribution in [2.75, 3.05) is 0 Å². The molecule has 0 atom stereocenters. The lowest BCUT2D eigenvalue weighted by Crippen LogP contribution is -1.65. The molecule has 0 saturated carbocycles. The van der Waals surface area contributed by atoms with Gasteiger partial charge in [0.05, 0.1) is 0 Å². The van der Waals surface area contributed by atoms with Crippen molar-refractivity contribution < 1.29 is 0 Å². The van der Waals surface area contributed by atoms with Crippen LogP contribution in [0.1, 0.15) is 5.56 Å². The van der Waals surface area contributed by atoms with Crippen LogP contribution in [0.4, 0.5) is 0 Å². The van der Waals surface area contributed by atoms with Gasteiger partial charge in [-0.05, 0) is 29.3 Å². The molecule has 0 nitrogen and oxygen atoms in total. The van der Waals surface area contributed by atoms with Gasteiger partial charge < -0.3 is 0 Å². The molecule has 0 fully saturated rings. The predicted molar refractivity (Wildman–Crippen MR) is 66.4 cm³/mol. The van der Waals surface area contributed by atoms with Crippen molar-refractivity contribution in [3.05, 3.63) is 44.8 Å². The summed E-state index contributed by atoms with van der Waals surface area (Å²) in [6, 6.07) is 9.98. The molecule has 0 amide bonds. The maximum Gasteiger partial charge on any atom is 0.0265 e. The summed E-state index contributed by atoms with van der Waals surface area (Å²) >= 11 is 7.01. The Hall–Kier alpha value is -0.780. The van der Waals surface area contributed by atoms with E-state index >= 15 is 0 Å². The lowest BCUT2D eigenvalue weighted by Gasteiger charge is -1.92. The van der Waals surface area contributed by atoms with Crippen LogP contribution >= 0.6 is 31.9 Å². The third kappa shape index (κ3) is 1.58. The third-order valence-corrected chi connectivity index (χ3v) is 3.40. The molecule has 0 heterocycles. The Morgan fingerprint density at radius 3 is 1.86 bits per heavy atom. The van der Waals surface area contributed by atoms with E-state index in [4.69, 9.17) is 6.42 Å². The summed E-state index contributed by atoms with van der Waals surface area (Å²) in [5.74, 6) is 2.62. The summed E-state index contributed by atoms with van der Waals surface area (Å²) in [5.41, 5.74) is 3.22. The number of hydrogen-bond acceptors (Lipinski definition) is 0. The van der Waals surface area contributed by atoms with Gasteiger partial charge in [0, 0.05) is 14.5 Å². The molecule has 2 aliphatic rings.